The number of rotatable bonds is 5. The number of anilines is 1. The summed E-state index contributed by atoms with van der Waals surface area (Å²) in [6, 6.07) is 1.36. The molecule has 1 N–H and O–H groups in total. The van der Waals surface area contributed by atoms with Crippen LogP contribution in [0.15, 0.2) is 6.07 Å². The lowest BCUT2D eigenvalue weighted by Crippen LogP contribution is -2.52. The van der Waals surface area contributed by atoms with E-state index in [9.17, 15) is 4.79 Å². The van der Waals surface area contributed by atoms with E-state index in [2.05, 4.69) is 14.9 Å². The fraction of sp³-hybridized carbons (Fsp3) is 0.643. The second-order valence-electron chi connectivity index (χ2n) is 5.12. The largest absolute Gasteiger partial charge is 0.480 e. The summed E-state index contributed by atoms with van der Waals surface area (Å²) in [5.74, 6) is 0.455. The van der Waals surface area contributed by atoms with Crippen LogP contribution >= 0.6 is 0 Å². The van der Waals surface area contributed by atoms with Crippen molar-refractivity contribution in [2.45, 2.75) is 26.8 Å². The average molecular weight is 294 g/mol. The summed E-state index contributed by atoms with van der Waals surface area (Å²) in [5.41, 5.74) is 0.866. The number of ether oxygens (including phenoxy) is 1. The van der Waals surface area contributed by atoms with Gasteiger partial charge >= 0.3 is 5.97 Å². The molecule has 0 aliphatic carbocycles. The van der Waals surface area contributed by atoms with Crippen molar-refractivity contribution in [3.05, 3.63) is 11.8 Å². The van der Waals surface area contributed by atoms with Gasteiger partial charge < -0.3 is 14.7 Å². The highest BCUT2D eigenvalue weighted by atomic mass is 16.5. The maximum Gasteiger partial charge on any atom is 0.320 e. The second-order valence-corrected chi connectivity index (χ2v) is 5.12. The van der Waals surface area contributed by atoms with Gasteiger partial charge in [0.05, 0.1) is 6.61 Å². The van der Waals surface area contributed by atoms with Crippen molar-refractivity contribution in [3.8, 4) is 5.88 Å². The summed E-state index contributed by atoms with van der Waals surface area (Å²) in [5, 5.41) is 9.05. The standard InChI is InChI=1S/C14H22N4O3/c1-4-21-12-9-10(2)15-14(16-12)18-7-5-17(6-8-18)11(3)13(19)20/h9,11H,4-8H2,1-3H3,(H,19,20). The number of hydrogen-bond acceptors (Lipinski definition) is 6. The molecule has 0 radical (unpaired) electrons. The van der Waals surface area contributed by atoms with Crippen LogP contribution in [0, 0.1) is 6.92 Å². The van der Waals surface area contributed by atoms with Gasteiger partial charge in [0.2, 0.25) is 11.8 Å². The molecule has 0 aromatic carbocycles. The van der Waals surface area contributed by atoms with Crippen LogP contribution in [-0.2, 0) is 4.79 Å². The molecular formula is C14H22N4O3. The summed E-state index contributed by atoms with van der Waals surface area (Å²) in [6.45, 7) is 8.93. The Hall–Kier alpha value is -1.89. The first-order valence-electron chi connectivity index (χ1n) is 7.21. The second kappa shape index (κ2) is 6.71. The highest BCUT2D eigenvalue weighted by Crippen LogP contribution is 2.17. The Kier molecular flexibility index (Phi) is 4.95. The van der Waals surface area contributed by atoms with Crippen molar-refractivity contribution in [2.75, 3.05) is 37.7 Å². The Bertz CT molecular complexity index is 501. The van der Waals surface area contributed by atoms with Gasteiger partial charge in [0.1, 0.15) is 6.04 Å². The molecule has 1 saturated heterocycles. The highest BCUT2D eigenvalue weighted by molar-refractivity contribution is 5.72. The van der Waals surface area contributed by atoms with Crippen LogP contribution in [0.3, 0.4) is 0 Å². The molecule has 116 valence electrons. The van der Waals surface area contributed by atoms with Gasteiger partial charge in [-0.2, -0.15) is 4.98 Å². The van der Waals surface area contributed by atoms with E-state index >= 15 is 0 Å². The molecule has 0 bridgehead atoms. The molecule has 2 heterocycles. The zero-order valence-electron chi connectivity index (χ0n) is 12.7. The van der Waals surface area contributed by atoms with E-state index in [0.29, 0.717) is 44.6 Å². The Labute approximate surface area is 124 Å². The van der Waals surface area contributed by atoms with Gasteiger partial charge in [0.25, 0.3) is 0 Å². The van der Waals surface area contributed by atoms with Gasteiger partial charge in [-0.25, -0.2) is 4.98 Å². The number of aliphatic carboxylic acids is 1. The van der Waals surface area contributed by atoms with E-state index in [1.807, 2.05) is 24.8 Å². The van der Waals surface area contributed by atoms with Crippen molar-refractivity contribution >= 4 is 11.9 Å². The fourth-order valence-corrected chi connectivity index (χ4v) is 2.35. The minimum Gasteiger partial charge on any atom is -0.480 e. The smallest absolute Gasteiger partial charge is 0.320 e. The van der Waals surface area contributed by atoms with Crippen molar-refractivity contribution in [1.82, 2.24) is 14.9 Å². The monoisotopic (exact) mass is 294 g/mol. The number of hydrogen-bond donors (Lipinski definition) is 1. The predicted octanol–water partition coefficient (Wildman–Crippen LogP) is 0.779. The molecule has 1 aliphatic heterocycles. The third-order valence-corrected chi connectivity index (χ3v) is 3.61. The summed E-state index contributed by atoms with van der Waals surface area (Å²) in [4.78, 5) is 23.9. The number of carbonyl (C=O) groups is 1. The van der Waals surface area contributed by atoms with Crippen LogP contribution in [0.2, 0.25) is 0 Å². The molecule has 21 heavy (non-hydrogen) atoms. The minimum atomic E-state index is -0.783. The molecule has 0 saturated carbocycles. The van der Waals surface area contributed by atoms with Gasteiger partial charge in [0.15, 0.2) is 0 Å². The molecule has 7 nitrogen and oxygen atoms in total. The van der Waals surface area contributed by atoms with Gasteiger partial charge in [-0.15, -0.1) is 0 Å². The van der Waals surface area contributed by atoms with E-state index in [-0.39, 0.29) is 0 Å². The van der Waals surface area contributed by atoms with Crippen molar-refractivity contribution in [2.24, 2.45) is 0 Å². The third kappa shape index (κ3) is 3.81. The normalized spacial score (nSPS) is 17.6. The first-order valence-corrected chi connectivity index (χ1v) is 7.21. The third-order valence-electron chi connectivity index (χ3n) is 3.61. The number of nitrogens with zero attached hydrogens (tertiary/aromatic N) is 4. The molecule has 0 amide bonds. The highest BCUT2D eigenvalue weighted by Gasteiger charge is 2.26. The number of aromatic nitrogens is 2. The molecule has 1 unspecified atom stereocenters. The van der Waals surface area contributed by atoms with Crippen molar-refractivity contribution in [1.29, 1.82) is 0 Å². The Morgan fingerprint density at radius 3 is 2.62 bits per heavy atom. The Morgan fingerprint density at radius 1 is 1.38 bits per heavy atom. The zero-order chi connectivity index (χ0) is 15.4. The summed E-state index contributed by atoms with van der Waals surface area (Å²) >= 11 is 0. The lowest BCUT2D eigenvalue weighted by molar-refractivity contribution is -0.142. The first kappa shape index (κ1) is 15.5. The van der Waals surface area contributed by atoms with E-state index in [1.54, 1.807) is 6.92 Å². The lowest BCUT2D eigenvalue weighted by atomic mass is 10.2. The van der Waals surface area contributed by atoms with Crippen LogP contribution in [0.5, 0.6) is 5.88 Å². The molecule has 7 heteroatoms. The van der Waals surface area contributed by atoms with Crippen LogP contribution in [0.4, 0.5) is 5.95 Å². The van der Waals surface area contributed by atoms with Crippen molar-refractivity contribution < 1.29 is 14.6 Å². The van der Waals surface area contributed by atoms with E-state index in [1.165, 1.54) is 0 Å². The lowest BCUT2D eigenvalue weighted by Gasteiger charge is -2.36. The Morgan fingerprint density at radius 2 is 2.05 bits per heavy atom. The van der Waals surface area contributed by atoms with Crippen molar-refractivity contribution in [3.63, 3.8) is 0 Å². The maximum absolute atomic E-state index is 11.0. The molecule has 1 fully saturated rings. The molecule has 1 aromatic heterocycles. The topological polar surface area (TPSA) is 78.8 Å². The van der Waals surface area contributed by atoms with Gasteiger partial charge in [-0.1, -0.05) is 0 Å². The van der Waals surface area contributed by atoms with Crippen LogP contribution in [0.1, 0.15) is 19.5 Å². The zero-order valence-corrected chi connectivity index (χ0v) is 12.7. The number of piperazine rings is 1. The number of carboxylic acids is 1. The van der Waals surface area contributed by atoms with Gasteiger partial charge in [-0.05, 0) is 20.8 Å². The quantitative estimate of drug-likeness (QED) is 0.859. The summed E-state index contributed by atoms with van der Waals surface area (Å²) in [6.07, 6.45) is 0. The average Bonchev–Trinajstić information content (AvgIpc) is 2.46. The van der Waals surface area contributed by atoms with Crippen LogP contribution in [0.25, 0.3) is 0 Å². The number of aryl methyl sites for hydroxylation is 1. The SMILES string of the molecule is CCOc1cc(C)nc(N2CCN(C(C)C(=O)O)CC2)n1. The van der Waals surface area contributed by atoms with Gasteiger partial charge in [-0.3, -0.25) is 9.69 Å². The molecule has 0 spiro atoms. The summed E-state index contributed by atoms with van der Waals surface area (Å²) in [7, 11) is 0. The molecule has 2 rings (SSSR count). The molecular weight excluding hydrogens is 272 g/mol. The number of carboxylic acid groups (broad SMARTS) is 1. The summed E-state index contributed by atoms with van der Waals surface area (Å²) < 4.78 is 5.44. The van der Waals surface area contributed by atoms with Gasteiger partial charge in [0, 0.05) is 37.9 Å². The minimum absolute atomic E-state index is 0.454. The fourth-order valence-electron chi connectivity index (χ4n) is 2.35. The first-order chi connectivity index (χ1) is 10.0. The molecule has 1 aliphatic rings. The van der Waals surface area contributed by atoms with Crippen LogP contribution in [-0.4, -0.2) is 64.8 Å². The predicted molar refractivity (Wildman–Crippen MR) is 78.8 cm³/mol. The van der Waals surface area contributed by atoms with E-state index < -0.39 is 12.0 Å². The molecule has 1 aromatic rings. The molecule has 1 atom stereocenters. The Balaban J connectivity index is 2.03. The maximum atomic E-state index is 11.0. The van der Waals surface area contributed by atoms with E-state index in [0.717, 1.165) is 5.69 Å². The van der Waals surface area contributed by atoms with E-state index in [4.69, 9.17) is 9.84 Å². The van der Waals surface area contributed by atoms with Crippen LogP contribution < -0.4 is 9.64 Å².